The van der Waals surface area contributed by atoms with E-state index in [0.717, 1.165) is 17.1 Å². The Kier molecular flexibility index (Phi) is 4.91. The summed E-state index contributed by atoms with van der Waals surface area (Å²) in [5.74, 6) is 1.11. The molecule has 0 radical (unpaired) electrons. The van der Waals surface area contributed by atoms with Crippen molar-refractivity contribution in [3.8, 4) is 0 Å². The average Bonchev–Trinajstić information content (AvgIpc) is 2.28. The summed E-state index contributed by atoms with van der Waals surface area (Å²) >= 11 is 1.85. The SMILES string of the molecule is CSCC(C)N(C)c1cccnc1CN. The van der Waals surface area contributed by atoms with E-state index >= 15 is 0 Å². The maximum absolute atomic E-state index is 5.67. The van der Waals surface area contributed by atoms with Gasteiger partial charge >= 0.3 is 0 Å². The fraction of sp³-hybridized carbons (Fsp3) is 0.545. The summed E-state index contributed by atoms with van der Waals surface area (Å²) in [5.41, 5.74) is 7.77. The fourth-order valence-corrected chi connectivity index (χ4v) is 2.20. The van der Waals surface area contributed by atoms with E-state index in [1.165, 1.54) is 0 Å². The highest BCUT2D eigenvalue weighted by Gasteiger charge is 2.12. The van der Waals surface area contributed by atoms with E-state index in [1.54, 1.807) is 6.20 Å². The second kappa shape index (κ2) is 5.98. The first-order valence-electron chi connectivity index (χ1n) is 5.06. The lowest BCUT2D eigenvalue weighted by Gasteiger charge is -2.27. The molecule has 1 rings (SSSR count). The zero-order chi connectivity index (χ0) is 11.3. The fourth-order valence-electron chi connectivity index (χ4n) is 1.50. The van der Waals surface area contributed by atoms with Gasteiger partial charge in [0, 0.05) is 31.6 Å². The first-order valence-corrected chi connectivity index (χ1v) is 6.45. The van der Waals surface area contributed by atoms with Crippen LogP contribution in [0.4, 0.5) is 5.69 Å². The molecule has 0 aliphatic rings. The van der Waals surface area contributed by atoms with Crippen LogP contribution in [0.25, 0.3) is 0 Å². The molecule has 0 saturated carbocycles. The lowest BCUT2D eigenvalue weighted by Crippen LogP contribution is -2.32. The number of pyridine rings is 1. The van der Waals surface area contributed by atoms with Crippen LogP contribution >= 0.6 is 11.8 Å². The highest BCUT2D eigenvalue weighted by atomic mass is 32.2. The Hall–Kier alpha value is -0.740. The number of rotatable bonds is 5. The Balaban J connectivity index is 2.84. The van der Waals surface area contributed by atoms with Crippen LogP contribution in [0.3, 0.4) is 0 Å². The number of thioether (sulfide) groups is 1. The van der Waals surface area contributed by atoms with Crippen molar-refractivity contribution in [1.82, 2.24) is 4.98 Å². The summed E-state index contributed by atoms with van der Waals surface area (Å²) in [6.45, 7) is 2.70. The van der Waals surface area contributed by atoms with Gasteiger partial charge < -0.3 is 10.6 Å². The number of hydrogen-bond donors (Lipinski definition) is 1. The minimum absolute atomic E-state index is 0.493. The molecule has 0 aliphatic heterocycles. The van der Waals surface area contributed by atoms with Gasteiger partial charge in [-0.3, -0.25) is 4.98 Å². The van der Waals surface area contributed by atoms with Crippen LogP contribution in [-0.2, 0) is 6.54 Å². The lowest BCUT2D eigenvalue weighted by molar-refractivity contribution is 0.755. The molecule has 1 aromatic rings. The first kappa shape index (κ1) is 12.3. The molecule has 1 aromatic heterocycles. The Labute approximate surface area is 96.1 Å². The molecule has 4 heteroatoms. The molecule has 0 saturated heterocycles. The van der Waals surface area contributed by atoms with Crippen LogP contribution in [0.15, 0.2) is 18.3 Å². The van der Waals surface area contributed by atoms with E-state index in [0.29, 0.717) is 12.6 Å². The van der Waals surface area contributed by atoms with Gasteiger partial charge in [-0.25, -0.2) is 0 Å². The molecule has 0 aromatic carbocycles. The molecule has 84 valence electrons. The summed E-state index contributed by atoms with van der Waals surface area (Å²) < 4.78 is 0. The molecule has 3 nitrogen and oxygen atoms in total. The van der Waals surface area contributed by atoms with Gasteiger partial charge in [0.25, 0.3) is 0 Å². The topological polar surface area (TPSA) is 42.2 Å². The van der Waals surface area contributed by atoms with Crippen molar-refractivity contribution in [3.63, 3.8) is 0 Å². The number of nitrogens with two attached hydrogens (primary N) is 1. The second-order valence-corrected chi connectivity index (χ2v) is 4.50. The largest absolute Gasteiger partial charge is 0.370 e. The van der Waals surface area contributed by atoms with Gasteiger partial charge in [0.1, 0.15) is 0 Å². The quantitative estimate of drug-likeness (QED) is 0.828. The smallest absolute Gasteiger partial charge is 0.0772 e. The van der Waals surface area contributed by atoms with Gasteiger partial charge in [-0.15, -0.1) is 0 Å². The van der Waals surface area contributed by atoms with Crippen molar-refractivity contribution < 1.29 is 0 Å². The Morgan fingerprint density at radius 2 is 2.33 bits per heavy atom. The van der Waals surface area contributed by atoms with Gasteiger partial charge in [-0.2, -0.15) is 11.8 Å². The van der Waals surface area contributed by atoms with Crippen molar-refractivity contribution >= 4 is 17.4 Å². The molecule has 1 heterocycles. The summed E-state index contributed by atoms with van der Waals surface area (Å²) in [7, 11) is 2.09. The van der Waals surface area contributed by atoms with E-state index in [9.17, 15) is 0 Å². The van der Waals surface area contributed by atoms with Gasteiger partial charge in [0.15, 0.2) is 0 Å². The van der Waals surface area contributed by atoms with Crippen LogP contribution in [0, 0.1) is 0 Å². The zero-order valence-electron chi connectivity index (χ0n) is 9.60. The third-order valence-electron chi connectivity index (χ3n) is 2.51. The zero-order valence-corrected chi connectivity index (χ0v) is 10.4. The van der Waals surface area contributed by atoms with Crippen LogP contribution in [0.1, 0.15) is 12.6 Å². The molecule has 0 bridgehead atoms. The minimum atomic E-state index is 0.493. The van der Waals surface area contributed by atoms with Crippen LogP contribution in [0.5, 0.6) is 0 Å². The van der Waals surface area contributed by atoms with Gasteiger partial charge in [-0.1, -0.05) is 0 Å². The van der Waals surface area contributed by atoms with Crippen molar-refractivity contribution in [2.75, 3.05) is 24.0 Å². The van der Waals surface area contributed by atoms with Crippen LogP contribution in [0.2, 0.25) is 0 Å². The van der Waals surface area contributed by atoms with E-state index in [4.69, 9.17) is 5.73 Å². The number of nitrogens with zero attached hydrogens (tertiary/aromatic N) is 2. The lowest BCUT2D eigenvalue weighted by atomic mass is 10.2. The monoisotopic (exact) mass is 225 g/mol. The first-order chi connectivity index (χ1) is 7.20. The maximum Gasteiger partial charge on any atom is 0.0772 e. The third-order valence-corrected chi connectivity index (χ3v) is 3.32. The van der Waals surface area contributed by atoms with Crippen LogP contribution < -0.4 is 10.6 Å². The van der Waals surface area contributed by atoms with Crippen molar-refractivity contribution in [2.24, 2.45) is 5.73 Å². The standard InChI is InChI=1S/C11H19N3S/c1-9(8-15-3)14(2)11-5-4-6-13-10(11)7-12/h4-6,9H,7-8,12H2,1-3H3. The molecule has 2 N–H and O–H groups in total. The summed E-state index contributed by atoms with van der Waals surface area (Å²) in [6, 6.07) is 4.53. The molecule has 0 aliphatic carbocycles. The molecule has 1 unspecified atom stereocenters. The molecule has 15 heavy (non-hydrogen) atoms. The Morgan fingerprint density at radius 1 is 1.60 bits per heavy atom. The average molecular weight is 225 g/mol. The number of anilines is 1. The van der Waals surface area contributed by atoms with E-state index in [1.807, 2.05) is 17.8 Å². The predicted octanol–water partition coefficient (Wildman–Crippen LogP) is 1.73. The van der Waals surface area contributed by atoms with E-state index in [2.05, 4.69) is 36.2 Å². The highest BCUT2D eigenvalue weighted by molar-refractivity contribution is 7.98. The second-order valence-electron chi connectivity index (χ2n) is 3.59. The van der Waals surface area contributed by atoms with Gasteiger partial charge in [-0.05, 0) is 25.3 Å². The van der Waals surface area contributed by atoms with Crippen molar-refractivity contribution in [2.45, 2.75) is 19.5 Å². The summed E-state index contributed by atoms with van der Waals surface area (Å²) in [4.78, 5) is 6.53. The molecule has 0 amide bonds. The molecular weight excluding hydrogens is 206 g/mol. The van der Waals surface area contributed by atoms with Gasteiger partial charge in [0.2, 0.25) is 0 Å². The van der Waals surface area contributed by atoms with E-state index in [-0.39, 0.29) is 0 Å². The minimum Gasteiger partial charge on any atom is -0.370 e. The van der Waals surface area contributed by atoms with Crippen molar-refractivity contribution in [1.29, 1.82) is 0 Å². The van der Waals surface area contributed by atoms with Gasteiger partial charge in [0.05, 0.1) is 11.4 Å². The molecule has 1 atom stereocenters. The van der Waals surface area contributed by atoms with Crippen molar-refractivity contribution in [3.05, 3.63) is 24.0 Å². The predicted molar refractivity (Wildman–Crippen MR) is 68.4 cm³/mol. The number of aromatic nitrogens is 1. The third kappa shape index (κ3) is 3.11. The molecule has 0 spiro atoms. The summed E-state index contributed by atoms with van der Waals surface area (Å²) in [6.07, 6.45) is 3.91. The van der Waals surface area contributed by atoms with E-state index < -0.39 is 0 Å². The maximum atomic E-state index is 5.67. The number of hydrogen-bond acceptors (Lipinski definition) is 4. The summed E-state index contributed by atoms with van der Waals surface area (Å²) in [5, 5.41) is 0. The normalized spacial score (nSPS) is 12.5. The Bertz CT molecular complexity index is 304. The van der Waals surface area contributed by atoms with Crippen LogP contribution in [-0.4, -0.2) is 30.1 Å². The molecular formula is C11H19N3S. The highest BCUT2D eigenvalue weighted by Crippen LogP contribution is 2.19. The Morgan fingerprint density at radius 3 is 2.93 bits per heavy atom. The molecule has 0 fully saturated rings.